The molecular weight excluding hydrogens is 314 g/mol. The highest BCUT2D eigenvalue weighted by Gasteiger charge is 2.26. The molecule has 1 N–H and O–H groups in total. The standard InChI is InChI=1S/C20H17N3O2/c1-13-21-9-8-18(22-13)14-6-7-19(24)17(10-14)20(25)23-11-15-4-2-3-5-16(15)12-23/h2-10,24H,11-12H2,1H3. The summed E-state index contributed by atoms with van der Waals surface area (Å²) >= 11 is 0. The lowest BCUT2D eigenvalue weighted by Gasteiger charge is -2.17. The molecule has 3 aromatic rings. The Balaban J connectivity index is 1.66. The van der Waals surface area contributed by atoms with Gasteiger partial charge in [0.2, 0.25) is 0 Å². The third-order valence-electron chi connectivity index (χ3n) is 4.43. The molecule has 124 valence electrons. The zero-order valence-electron chi connectivity index (χ0n) is 13.8. The molecule has 5 heteroatoms. The Morgan fingerprint density at radius 3 is 2.48 bits per heavy atom. The third-order valence-corrected chi connectivity index (χ3v) is 4.43. The van der Waals surface area contributed by atoms with Gasteiger partial charge in [0.15, 0.2) is 0 Å². The lowest BCUT2D eigenvalue weighted by Crippen LogP contribution is -2.25. The molecule has 0 unspecified atom stereocenters. The molecule has 1 aliphatic heterocycles. The first-order valence-electron chi connectivity index (χ1n) is 8.11. The molecule has 0 saturated heterocycles. The Morgan fingerprint density at radius 2 is 1.80 bits per heavy atom. The van der Waals surface area contributed by atoms with Crippen LogP contribution >= 0.6 is 0 Å². The highest BCUT2D eigenvalue weighted by atomic mass is 16.3. The number of hydrogen-bond acceptors (Lipinski definition) is 4. The van der Waals surface area contributed by atoms with Gasteiger partial charge < -0.3 is 10.0 Å². The highest BCUT2D eigenvalue weighted by molar-refractivity contribution is 5.98. The van der Waals surface area contributed by atoms with E-state index >= 15 is 0 Å². The quantitative estimate of drug-likeness (QED) is 0.782. The average Bonchev–Trinajstić information content (AvgIpc) is 3.06. The van der Waals surface area contributed by atoms with Gasteiger partial charge in [-0.25, -0.2) is 9.97 Å². The van der Waals surface area contributed by atoms with Crippen molar-refractivity contribution >= 4 is 5.91 Å². The summed E-state index contributed by atoms with van der Waals surface area (Å²) < 4.78 is 0. The molecular formula is C20H17N3O2. The van der Waals surface area contributed by atoms with Gasteiger partial charge in [0.25, 0.3) is 5.91 Å². The van der Waals surface area contributed by atoms with E-state index in [9.17, 15) is 9.90 Å². The number of phenolic OH excluding ortho intramolecular Hbond substituents is 1. The average molecular weight is 331 g/mol. The van der Waals surface area contributed by atoms with Crippen LogP contribution in [0.4, 0.5) is 0 Å². The van der Waals surface area contributed by atoms with Gasteiger partial charge in [-0.3, -0.25) is 4.79 Å². The minimum absolute atomic E-state index is 0.0181. The fraction of sp³-hybridized carbons (Fsp3) is 0.150. The maximum atomic E-state index is 12.9. The van der Waals surface area contributed by atoms with Crippen LogP contribution in [0.5, 0.6) is 5.75 Å². The predicted molar refractivity (Wildman–Crippen MR) is 93.9 cm³/mol. The number of fused-ring (bicyclic) bond motifs is 1. The number of benzene rings is 2. The molecule has 1 aliphatic rings. The van der Waals surface area contributed by atoms with Gasteiger partial charge in [-0.1, -0.05) is 24.3 Å². The summed E-state index contributed by atoms with van der Waals surface area (Å²) in [4.78, 5) is 23.1. The molecule has 4 rings (SSSR count). The molecule has 1 amide bonds. The Bertz CT molecular complexity index is 944. The summed E-state index contributed by atoms with van der Waals surface area (Å²) in [5.74, 6) is 0.463. The lowest BCUT2D eigenvalue weighted by atomic mass is 10.1. The van der Waals surface area contributed by atoms with Gasteiger partial charge in [0, 0.05) is 24.8 Å². The number of aromatic hydroxyl groups is 1. The Kier molecular flexibility index (Phi) is 3.69. The SMILES string of the molecule is Cc1nccc(-c2ccc(O)c(C(=O)N3Cc4ccccc4C3)c2)n1. The molecule has 0 radical (unpaired) electrons. The number of amides is 1. The van der Waals surface area contributed by atoms with Crippen LogP contribution in [0.3, 0.4) is 0 Å². The maximum absolute atomic E-state index is 12.9. The van der Waals surface area contributed by atoms with Crippen LogP contribution in [0, 0.1) is 6.92 Å². The molecule has 1 aromatic heterocycles. The van der Waals surface area contributed by atoms with Crippen molar-refractivity contribution in [2.45, 2.75) is 20.0 Å². The fourth-order valence-electron chi connectivity index (χ4n) is 3.13. The van der Waals surface area contributed by atoms with Crippen LogP contribution in [0.2, 0.25) is 0 Å². The molecule has 0 fully saturated rings. The molecule has 0 aliphatic carbocycles. The fourth-order valence-corrected chi connectivity index (χ4v) is 3.13. The predicted octanol–water partition coefficient (Wildman–Crippen LogP) is 3.31. The van der Waals surface area contributed by atoms with Crippen molar-refractivity contribution in [1.29, 1.82) is 0 Å². The van der Waals surface area contributed by atoms with E-state index in [0.29, 0.717) is 24.5 Å². The zero-order chi connectivity index (χ0) is 17.4. The third kappa shape index (κ3) is 2.85. The van der Waals surface area contributed by atoms with Crippen molar-refractivity contribution in [1.82, 2.24) is 14.9 Å². The number of carbonyl (C=O) groups is 1. The second kappa shape index (κ2) is 6.02. The number of hydrogen-bond donors (Lipinski definition) is 1. The van der Waals surface area contributed by atoms with Crippen molar-refractivity contribution in [3.05, 3.63) is 77.2 Å². The van der Waals surface area contributed by atoms with Crippen molar-refractivity contribution in [3.63, 3.8) is 0 Å². The summed E-state index contributed by atoms with van der Waals surface area (Å²) in [5.41, 5.74) is 4.10. The van der Waals surface area contributed by atoms with E-state index in [0.717, 1.165) is 22.4 Å². The minimum Gasteiger partial charge on any atom is -0.507 e. The second-order valence-electron chi connectivity index (χ2n) is 6.15. The van der Waals surface area contributed by atoms with E-state index in [1.165, 1.54) is 0 Å². The van der Waals surface area contributed by atoms with Crippen LogP contribution < -0.4 is 0 Å². The molecule has 0 saturated carbocycles. The molecule has 25 heavy (non-hydrogen) atoms. The monoisotopic (exact) mass is 331 g/mol. The first-order valence-corrected chi connectivity index (χ1v) is 8.11. The molecule has 0 spiro atoms. The zero-order valence-corrected chi connectivity index (χ0v) is 13.8. The van der Waals surface area contributed by atoms with Crippen molar-refractivity contribution in [2.75, 3.05) is 0 Å². The number of phenols is 1. The van der Waals surface area contributed by atoms with Crippen LogP contribution in [0.15, 0.2) is 54.7 Å². The molecule has 0 atom stereocenters. The molecule has 2 aromatic carbocycles. The second-order valence-corrected chi connectivity index (χ2v) is 6.15. The minimum atomic E-state index is -0.179. The van der Waals surface area contributed by atoms with E-state index in [1.54, 1.807) is 35.4 Å². The first-order chi connectivity index (χ1) is 12.1. The van der Waals surface area contributed by atoms with E-state index in [-0.39, 0.29) is 11.7 Å². The van der Waals surface area contributed by atoms with E-state index < -0.39 is 0 Å². The summed E-state index contributed by atoms with van der Waals surface area (Å²) in [5, 5.41) is 10.2. The topological polar surface area (TPSA) is 66.3 Å². The van der Waals surface area contributed by atoms with Gasteiger partial charge in [0.05, 0.1) is 11.3 Å². The van der Waals surface area contributed by atoms with Gasteiger partial charge in [-0.05, 0) is 42.3 Å². The Morgan fingerprint density at radius 1 is 1.08 bits per heavy atom. The van der Waals surface area contributed by atoms with E-state index in [2.05, 4.69) is 9.97 Å². The van der Waals surface area contributed by atoms with Crippen LogP contribution in [0.25, 0.3) is 11.3 Å². The van der Waals surface area contributed by atoms with Crippen LogP contribution in [0.1, 0.15) is 27.3 Å². The van der Waals surface area contributed by atoms with Crippen molar-refractivity contribution in [3.8, 4) is 17.0 Å². The first kappa shape index (κ1) is 15.3. The number of aryl methyl sites for hydroxylation is 1. The molecule has 5 nitrogen and oxygen atoms in total. The summed E-state index contributed by atoms with van der Waals surface area (Å²) in [6, 6.07) is 14.8. The normalized spacial score (nSPS) is 12.9. The molecule has 2 heterocycles. The molecule has 0 bridgehead atoms. The summed E-state index contributed by atoms with van der Waals surface area (Å²) in [6.07, 6.45) is 1.68. The van der Waals surface area contributed by atoms with Crippen molar-refractivity contribution < 1.29 is 9.90 Å². The van der Waals surface area contributed by atoms with Crippen LogP contribution in [-0.4, -0.2) is 25.9 Å². The lowest BCUT2D eigenvalue weighted by molar-refractivity contribution is 0.0748. The Labute approximate surface area is 145 Å². The summed E-state index contributed by atoms with van der Waals surface area (Å²) in [6.45, 7) is 2.94. The van der Waals surface area contributed by atoms with Gasteiger partial charge in [0.1, 0.15) is 11.6 Å². The Hall–Kier alpha value is -3.21. The number of aromatic nitrogens is 2. The smallest absolute Gasteiger partial charge is 0.258 e. The largest absolute Gasteiger partial charge is 0.507 e. The number of rotatable bonds is 2. The van der Waals surface area contributed by atoms with E-state index in [4.69, 9.17) is 0 Å². The highest BCUT2D eigenvalue weighted by Crippen LogP contribution is 2.29. The summed E-state index contributed by atoms with van der Waals surface area (Å²) in [7, 11) is 0. The van der Waals surface area contributed by atoms with Crippen molar-refractivity contribution in [2.24, 2.45) is 0 Å². The number of carbonyl (C=O) groups excluding carboxylic acids is 1. The maximum Gasteiger partial charge on any atom is 0.258 e. The van der Waals surface area contributed by atoms with E-state index in [1.807, 2.05) is 31.2 Å². The number of nitrogens with zero attached hydrogens (tertiary/aromatic N) is 3. The van der Waals surface area contributed by atoms with Crippen LogP contribution in [-0.2, 0) is 13.1 Å². The van der Waals surface area contributed by atoms with Gasteiger partial charge in [-0.2, -0.15) is 0 Å². The van der Waals surface area contributed by atoms with Gasteiger partial charge in [-0.15, -0.1) is 0 Å². The van der Waals surface area contributed by atoms with Gasteiger partial charge >= 0.3 is 0 Å².